The number of aliphatic hydroxyl groups excluding tert-OH is 1. The van der Waals surface area contributed by atoms with E-state index in [1.165, 1.54) is 0 Å². The molecule has 0 heterocycles. The highest BCUT2D eigenvalue weighted by Crippen LogP contribution is 2.20. The van der Waals surface area contributed by atoms with Crippen LogP contribution in [0.15, 0.2) is 24.3 Å². The lowest BCUT2D eigenvalue weighted by molar-refractivity contribution is -0.121. The molecular formula is C11H14ClNO2. The van der Waals surface area contributed by atoms with Crippen molar-refractivity contribution >= 4 is 17.5 Å². The van der Waals surface area contributed by atoms with Crippen LogP contribution < -0.4 is 5.32 Å². The summed E-state index contributed by atoms with van der Waals surface area (Å²) < 4.78 is 0. The molecule has 0 bridgehead atoms. The zero-order valence-corrected chi connectivity index (χ0v) is 9.29. The van der Waals surface area contributed by atoms with Gasteiger partial charge in [-0.05, 0) is 24.1 Å². The molecule has 1 rings (SSSR count). The molecular weight excluding hydrogens is 214 g/mol. The van der Waals surface area contributed by atoms with Crippen molar-refractivity contribution in [3.05, 3.63) is 34.9 Å². The first-order chi connectivity index (χ1) is 7.13. The van der Waals surface area contributed by atoms with Crippen LogP contribution in [0.5, 0.6) is 0 Å². The fourth-order valence-corrected chi connectivity index (χ4v) is 1.37. The Morgan fingerprint density at radius 1 is 1.47 bits per heavy atom. The fourth-order valence-electron chi connectivity index (χ4n) is 1.24. The Kier molecular flexibility index (Phi) is 4.59. The lowest BCUT2D eigenvalue weighted by Crippen LogP contribution is -2.18. The average molecular weight is 228 g/mol. The maximum absolute atomic E-state index is 11.0. The highest BCUT2D eigenvalue weighted by atomic mass is 35.5. The van der Waals surface area contributed by atoms with Crippen LogP contribution in [-0.2, 0) is 4.79 Å². The molecule has 0 spiro atoms. The summed E-state index contributed by atoms with van der Waals surface area (Å²) in [5, 5.41) is 12.9. The Morgan fingerprint density at radius 2 is 2.07 bits per heavy atom. The molecule has 1 aromatic rings. The van der Waals surface area contributed by atoms with E-state index in [1.807, 2.05) is 0 Å². The molecule has 0 aliphatic carbocycles. The molecule has 0 saturated heterocycles. The Bertz CT molecular complexity index is 324. The van der Waals surface area contributed by atoms with Crippen molar-refractivity contribution in [1.82, 2.24) is 5.32 Å². The second-order valence-corrected chi connectivity index (χ2v) is 3.72. The molecule has 82 valence electrons. The van der Waals surface area contributed by atoms with Crippen molar-refractivity contribution in [1.29, 1.82) is 0 Å². The monoisotopic (exact) mass is 227 g/mol. The molecule has 0 aliphatic heterocycles. The molecule has 4 heteroatoms. The SMILES string of the molecule is CNC(=O)CCC(O)c1ccc(Cl)cc1. The molecule has 1 atom stereocenters. The number of rotatable bonds is 4. The molecule has 1 amide bonds. The van der Waals surface area contributed by atoms with Crippen molar-refractivity contribution in [2.75, 3.05) is 7.05 Å². The van der Waals surface area contributed by atoms with Gasteiger partial charge in [-0.1, -0.05) is 23.7 Å². The van der Waals surface area contributed by atoms with Gasteiger partial charge in [-0.15, -0.1) is 0 Å². The molecule has 0 fully saturated rings. The summed E-state index contributed by atoms with van der Waals surface area (Å²) in [4.78, 5) is 11.0. The molecule has 3 nitrogen and oxygen atoms in total. The van der Waals surface area contributed by atoms with Crippen molar-refractivity contribution in [3.63, 3.8) is 0 Å². The number of halogens is 1. The first kappa shape index (κ1) is 12.0. The largest absolute Gasteiger partial charge is 0.388 e. The van der Waals surface area contributed by atoms with Crippen LogP contribution >= 0.6 is 11.6 Å². The van der Waals surface area contributed by atoms with Crippen molar-refractivity contribution in [2.24, 2.45) is 0 Å². The summed E-state index contributed by atoms with van der Waals surface area (Å²) in [5.41, 5.74) is 0.781. The fraction of sp³-hybridized carbons (Fsp3) is 0.364. The lowest BCUT2D eigenvalue weighted by atomic mass is 10.1. The third-order valence-electron chi connectivity index (χ3n) is 2.18. The molecule has 0 aromatic heterocycles. The van der Waals surface area contributed by atoms with Crippen LogP contribution in [0, 0.1) is 0 Å². The molecule has 0 aliphatic rings. The number of hydrogen-bond acceptors (Lipinski definition) is 2. The predicted molar refractivity (Wildman–Crippen MR) is 59.7 cm³/mol. The normalized spacial score (nSPS) is 12.2. The van der Waals surface area contributed by atoms with Gasteiger partial charge in [0.2, 0.25) is 5.91 Å². The Labute approximate surface area is 94.1 Å². The minimum absolute atomic E-state index is 0.0667. The number of carbonyl (C=O) groups is 1. The average Bonchev–Trinajstić information content (AvgIpc) is 2.26. The van der Waals surface area contributed by atoms with Crippen molar-refractivity contribution < 1.29 is 9.90 Å². The van der Waals surface area contributed by atoms with Crippen LogP contribution in [0.1, 0.15) is 24.5 Å². The van der Waals surface area contributed by atoms with Gasteiger partial charge < -0.3 is 10.4 Å². The molecule has 0 radical (unpaired) electrons. The van der Waals surface area contributed by atoms with E-state index in [9.17, 15) is 9.90 Å². The summed E-state index contributed by atoms with van der Waals surface area (Å²) in [5.74, 6) is -0.0667. The van der Waals surface area contributed by atoms with Gasteiger partial charge in [0, 0.05) is 18.5 Å². The van der Waals surface area contributed by atoms with Crippen LogP contribution in [0.25, 0.3) is 0 Å². The summed E-state index contributed by atoms with van der Waals surface area (Å²) in [6.07, 6.45) is 0.126. The van der Waals surface area contributed by atoms with Gasteiger partial charge in [0.15, 0.2) is 0 Å². The molecule has 1 unspecified atom stereocenters. The van der Waals surface area contributed by atoms with E-state index < -0.39 is 6.10 Å². The van der Waals surface area contributed by atoms with Crippen LogP contribution in [0.4, 0.5) is 0 Å². The number of hydrogen-bond donors (Lipinski definition) is 2. The summed E-state index contributed by atoms with van der Waals surface area (Å²) in [7, 11) is 1.58. The smallest absolute Gasteiger partial charge is 0.219 e. The van der Waals surface area contributed by atoms with Gasteiger partial charge in [-0.3, -0.25) is 4.79 Å². The predicted octanol–water partition coefficient (Wildman–Crippen LogP) is 1.90. The summed E-state index contributed by atoms with van der Waals surface area (Å²) >= 11 is 5.72. The zero-order valence-electron chi connectivity index (χ0n) is 8.53. The first-order valence-electron chi connectivity index (χ1n) is 4.77. The maximum atomic E-state index is 11.0. The zero-order chi connectivity index (χ0) is 11.3. The van der Waals surface area contributed by atoms with Crippen LogP contribution in [-0.4, -0.2) is 18.1 Å². The van der Waals surface area contributed by atoms with E-state index in [1.54, 1.807) is 31.3 Å². The quantitative estimate of drug-likeness (QED) is 0.826. The van der Waals surface area contributed by atoms with Crippen LogP contribution in [0.3, 0.4) is 0 Å². The van der Waals surface area contributed by atoms with E-state index in [2.05, 4.69) is 5.32 Å². The van der Waals surface area contributed by atoms with Gasteiger partial charge in [-0.2, -0.15) is 0 Å². The van der Waals surface area contributed by atoms with Crippen molar-refractivity contribution in [2.45, 2.75) is 18.9 Å². The minimum Gasteiger partial charge on any atom is -0.388 e. The summed E-state index contributed by atoms with van der Waals surface area (Å²) in [6.45, 7) is 0. The number of benzene rings is 1. The first-order valence-corrected chi connectivity index (χ1v) is 5.15. The molecule has 15 heavy (non-hydrogen) atoms. The van der Waals surface area contributed by atoms with Gasteiger partial charge >= 0.3 is 0 Å². The lowest BCUT2D eigenvalue weighted by Gasteiger charge is -2.10. The minimum atomic E-state index is -0.612. The number of carbonyl (C=O) groups excluding carboxylic acids is 1. The Morgan fingerprint density at radius 3 is 2.60 bits per heavy atom. The van der Waals surface area contributed by atoms with E-state index in [0.717, 1.165) is 5.56 Å². The van der Waals surface area contributed by atoms with E-state index in [0.29, 0.717) is 17.9 Å². The van der Waals surface area contributed by atoms with Crippen LogP contribution in [0.2, 0.25) is 5.02 Å². The van der Waals surface area contributed by atoms with Gasteiger partial charge in [0.05, 0.1) is 6.10 Å². The topological polar surface area (TPSA) is 49.3 Å². The van der Waals surface area contributed by atoms with Gasteiger partial charge in [0.1, 0.15) is 0 Å². The maximum Gasteiger partial charge on any atom is 0.219 e. The highest BCUT2D eigenvalue weighted by molar-refractivity contribution is 6.30. The Balaban J connectivity index is 2.50. The van der Waals surface area contributed by atoms with Crippen molar-refractivity contribution in [3.8, 4) is 0 Å². The highest BCUT2D eigenvalue weighted by Gasteiger charge is 2.09. The standard InChI is InChI=1S/C11H14ClNO2/c1-13-11(15)7-6-10(14)8-2-4-9(12)5-3-8/h2-5,10,14H,6-7H2,1H3,(H,13,15). The van der Waals surface area contributed by atoms with Gasteiger partial charge in [0.25, 0.3) is 0 Å². The number of nitrogens with one attached hydrogen (secondary N) is 1. The van der Waals surface area contributed by atoms with Gasteiger partial charge in [-0.25, -0.2) is 0 Å². The van der Waals surface area contributed by atoms with E-state index in [4.69, 9.17) is 11.6 Å². The number of aliphatic hydroxyl groups is 1. The third kappa shape index (κ3) is 3.90. The van der Waals surface area contributed by atoms with E-state index in [-0.39, 0.29) is 5.91 Å². The summed E-state index contributed by atoms with van der Waals surface area (Å²) in [6, 6.07) is 6.97. The number of amides is 1. The Hall–Kier alpha value is -1.06. The molecule has 0 saturated carbocycles. The molecule has 2 N–H and O–H groups in total. The second-order valence-electron chi connectivity index (χ2n) is 3.28. The third-order valence-corrected chi connectivity index (χ3v) is 2.43. The molecule has 1 aromatic carbocycles. The second kappa shape index (κ2) is 5.73. The van der Waals surface area contributed by atoms with E-state index >= 15 is 0 Å².